The van der Waals surface area contributed by atoms with Gasteiger partial charge in [-0.15, -0.1) is 0 Å². The molecular weight excluding hydrogens is 278 g/mol. The zero-order valence-electron chi connectivity index (χ0n) is 12.8. The third-order valence-electron chi connectivity index (χ3n) is 5.17. The first-order valence-electron chi connectivity index (χ1n) is 8.28. The van der Waals surface area contributed by atoms with E-state index in [9.17, 15) is 0 Å². The summed E-state index contributed by atoms with van der Waals surface area (Å²) in [4.78, 5) is 0. The normalized spacial score (nSPS) is 26.6. The highest BCUT2D eigenvalue weighted by Crippen LogP contribution is 2.42. The molecule has 2 aliphatic heterocycles. The summed E-state index contributed by atoms with van der Waals surface area (Å²) >= 11 is 2.08. The molecular formula is C18H27NOS. The molecule has 0 radical (unpaired) electrons. The van der Waals surface area contributed by atoms with Crippen LogP contribution >= 0.6 is 11.8 Å². The first-order chi connectivity index (χ1) is 10.3. The zero-order valence-corrected chi connectivity index (χ0v) is 13.6. The predicted molar refractivity (Wildman–Crippen MR) is 90.8 cm³/mol. The molecule has 2 unspecified atom stereocenters. The van der Waals surface area contributed by atoms with Crippen molar-refractivity contribution in [3.63, 3.8) is 0 Å². The van der Waals surface area contributed by atoms with Gasteiger partial charge in [0.15, 0.2) is 0 Å². The molecule has 1 spiro atoms. The number of rotatable bonds is 4. The van der Waals surface area contributed by atoms with E-state index >= 15 is 0 Å². The van der Waals surface area contributed by atoms with Gasteiger partial charge in [-0.05, 0) is 67.6 Å². The predicted octanol–water partition coefficient (Wildman–Crippen LogP) is 3.81. The Labute approximate surface area is 132 Å². The maximum Gasteiger partial charge on any atom is 0.0700 e. The van der Waals surface area contributed by atoms with Crippen LogP contribution in [0.4, 0.5) is 0 Å². The molecule has 2 atom stereocenters. The molecule has 2 saturated heterocycles. The summed E-state index contributed by atoms with van der Waals surface area (Å²) in [5.41, 5.74) is 7.66. The molecule has 3 heteroatoms. The van der Waals surface area contributed by atoms with Gasteiger partial charge in [-0.2, -0.15) is 11.8 Å². The second-order valence-electron chi connectivity index (χ2n) is 6.58. The van der Waals surface area contributed by atoms with Crippen molar-refractivity contribution in [2.75, 3.05) is 24.7 Å². The fourth-order valence-corrected chi connectivity index (χ4v) is 5.16. The molecule has 1 aromatic carbocycles. The Balaban J connectivity index is 1.63. The number of benzene rings is 1. The maximum absolute atomic E-state index is 6.21. The number of hydrogen-bond donors (Lipinski definition) is 1. The van der Waals surface area contributed by atoms with Gasteiger partial charge in [-0.25, -0.2) is 0 Å². The van der Waals surface area contributed by atoms with Crippen LogP contribution in [0.1, 0.15) is 43.6 Å². The van der Waals surface area contributed by atoms with E-state index in [1.54, 1.807) is 0 Å². The van der Waals surface area contributed by atoms with Gasteiger partial charge in [0, 0.05) is 6.61 Å². The van der Waals surface area contributed by atoms with E-state index < -0.39 is 0 Å². The topological polar surface area (TPSA) is 35.2 Å². The Morgan fingerprint density at radius 3 is 2.71 bits per heavy atom. The number of nitrogens with two attached hydrogens (primary N) is 1. The van der Waals surface area contributed by atoms with E-state index in [2.05, 4.69) is 42.1 Å². The van der Waals surface area contributed by atoms with Crippen LogP contribution in [0.3, 0.4) is 0 Å². The smallest absolute Gasteiger partial charge is 0.0700 e. The molecule has 3 rings (SSSR count). The lowest BCUT2D eigenvalue weighted by atomic mass is 9.77. The molecule has 2 aliphatic rings. The summed E-state index contributed by atoms with van der Waals surface area (Å²) in [5.74, 6) is 3.82. The first kappa shape index (κ1) is 15.4. The molecule has 0 bridgehead atoms. The Kier molecular flexibility index (Phi) is 5.25. The molecule has 2 nitrogen and oxygen atoms in total. The van der Waals surface area contributed by atoms with Crippen molar-refractivity contribution in [3.8, 4) is 0 Å². The summed E-state index contributed by atoms with van der Waals surface area (Å²) < 4.78 is 6.21. The quantitative estimate of drug-likeness (QED) is 0.918. The Morgan fingerprint density at radius 2 is 2.00 bits per heavy atom. The summed E-state index contributed by atoms with van der Waals surface area (Å²) in [5, 5.41) is 0. The molecule has 2 N–H and O–H groups in total. The van der Waals surface area contributed by atoms with E-state index in [-0.39, 0.29) is 5.60 Å². The summed E-state index contributed by atoms with van der Waals surface area (Å²) in [7, 11) is 0. The van der Waals surface area contributed by atoms with Crippen LogP contribution in [-0.2, 0) is 4.74 Å². The molecule has 116 valence electrons. The average molecular weight is 305 g/mol. The van der Waals surface area contributed by atoms with Crippen molar-refractivity contribution in [1.29, 1.82) is 0 Å². The fourth-order valence-electron chi connectivity index (χ4n) is 3.92. The van der Waals surface area contributed by atoms with Gasteiger partial charge in [-0.1, -0.05) is 30.3 Å². The Morgan fingerprint density at radius 1 is 1.24 bits per heavy atom. The molecule has 2 fully saturated rings. The van der Waals surface area contributed by atoms with Crippen molar-refractivity contribution in [1.82, 2.24) is 0 Å². The van der Waals surface area contributed by atoms with Gasteiger partial charge in [0.2, 0.25) is 0 Å². The number of ether oxygens (including phenoxy) is 1. The van der Waals surface area contributed by atoms with Crippen LogP contribution in [0, 0.1) is 5.92 Å². The first-order valence-corrected chi connectivity index (χ1v) is 9.43. The van der Waals surface area contributed by atoms with E-state index in [1.807, 2.05) is 0 Å². The largest absolute Gasteiger partial charge is 0.375 e. The summed E-state index contributed by atoms with van der Waals surface area (Å²) in [6.07, 6.45) is 6.16. The van der Waals surface area contributed by atoms with Crippen molar-refractivity contribution < 1.29 is 4.74 Å². The van der Waals surface area contributed by atoms with Crippen LogP contribution < -0.4 is 5.73 Å². The number of hydrogen-bond acceptors (Lipinski definition) is 3. The third-order valence-corrected chi connectivity index (χ3v) is 6.16. The number of thioether (sulfide) groups is 1. The molecule has 0 aromatic heterocycles. The monoisotopic (exact) mass is 305 g/mol. The lowest BCUT2D eigenvalue weighted by Gasteiger charge is -2.44. The second kappa shape index (κ2) is 7.17. The average Bonchev–Trinajstić information content (AvgIpc) is 2.54. The van der Waals surface area contributed by atoms with Crippen molar-refractivity contribution in [3.05, 3.63) is 35.9 Å². The zero-order chi connectivity index (χ0) is 14.5. The minimum absolute atomic E-state index is 0.198. The van der Waals surface area contributed by atoms with Crippen LogP contribution in [0.15, 0.2) is 30.3 Å². The highest BCUT2D eigenvalue weighted by Gasteiger charge is 2.39. The van der Waals surface area contributed by atoms with Crippen LogP contribution in [0.2, 0.25) is 0 Å². The molecule has 0 saturated carbocycles. The lowest BCUT2D eigenvalue weighted by Crippen LogP contribution is -2.43. The van der Waals surface area contributed by atoms with Gasteiger partial charge < -0.3 is 10.5 Å². The Hall–Kier alpha value is -0.510. The molecule has 0 aliphatic carbocycles. The van der Waals surface area contributed by atoms with E-state index in [4.69, 9.17) is 10.5 Å². The van der Waals surface area contributed by atoms with Gasteiger partial charge in [0.05, 0.1) is 5.60 Å². The van der Waals surface area contributed by atoms with Crippen LogP contribution in [-0.4, -0.2) is 30.3 Å². The van der Waals surface area contributed by atoms with Crippen LogP contribution in [0.25, 0.3) is 0 Å². The third kappa shape index (κ3) is 3.82. The van der Waals surface area contributed by atoms with Gasteiger partial charge in [0.25, 0.3) is 0 Å². The highest BCUT2D eigenvalue weighted by atomic mass is 32.2. The van der Waals surface area contributed by atoms with Gasteiger partial charge >= 0.3 is 0 Å². The molecule has 1 aromatic rings. The summed E-state index contributed by atoms with van der Waals surface area (Å²) in [6.45, 7) is 1.70. The molecule has 2 heterocycles. The van der Waals surface area contributed by atoms with Gasteiger partial charge in [-0.3, -0.25) is 0 Å². The highest BCUT2D eigenvalue weighted by molar-refractivity contribution is 7.99. The standard InChI is InChI=1S/C18H27NOS/c19-14-17(16-4-2-1-3-5-16)12-15-6-9-20-18(13-15)7-10-21-11-8-18/h1-5,15,17H,6-14,19H2. The second-order valence-corrected chi connectivity index (χ2v) is 7.81. The van der Waals surface area contributed by atoms with Crippen molar-refractivity contribution in [2.24, 2.45) is 11.7 Å². The molecule has 0 amide bonds. The van der Waals surface area contributed by atoms with E-state index in [0.29, 0.717) is 5.92 Å². The SMILES string of the molecule is NCC(CC1CCOC2(CCSCC2)C1)c1ccccc1. The maximum atomic E-state index is 6.21. The fraction of sp³-hybridized carbons (Fsp3) is 0.667. The lowest BCUT2D eigenvalue weighted by molar-refractivity contribution is -0.104. The Bertz CT molecular complexity index is 425. The van der Waals surface area contributed by atoms with Crippen molar-refractivity contribution >= 4 is 11.8 Å². The summed E-state index contributed by atoms with van der Waals surface area (Å²) in [6, 6.07) is 10.8. The van der Waals surface area contributed by atoms with Gasteiger partial charge in [0.1, 0.15) is 0 Å². The van der Waals surface area contributed by atoms with Crippen LogP contribution in [0.5, 0.6) is 0 Å². The van der Waals surface area contributed by atoms with Crippen molar-refractivity contribution in [2.45, 2.75) is 43.6 Å². The molecule has 21 heavy (non-hydrogen) atoms. The van der Waals surface area contributed by atoms with E-state index in [1.165, 1.54) is 49.2 Å². The minimum Gasteiger partial charge on any atom is -0.375 e. The minimum atomic E-state index is 0.198. The van der Waals surface area contributed by atoms with E-state index in [0.717, 1.165) is 19.1 Å².